The average molecular weight is 230 g/mol. The van der Waals surface area contributed by atoms with Crippen LogP contribution in [0.3, 0.4) is 0 Å². The molecule has 1 aliphatic rings. The van der Waals surface area contributed by atoms with Crippen LogP contribution in [0, 0.1) is 17.0 Å². The summed E-state index contributed by atoms with van der Waals surface area (Å²) in [6.07, 6.45) is 1.04. The average Bonchev–Trinajstić information content (AvgIpc) is 2.79. The molecule has 0 saturated carbocycles. The smallest absolute Gasteiger partial charge is 0.281 e. The zero-order valence-electron chi connectivity index (χ0n) is 9.24. The number of carbonyl (C=O) groups is 1. The fourth-order valence-electron chi connectivity index (χ4n) is 2.53. The molecular formula is C12H10N2O3. The van der Waals surface area contributed by atoms with Crippen molar-refractivity contribution in [3.63, 3.8) is 0 Å². The molecule has 3 rings (SSSR count). The Labute approximate surface area is 96.6 Å². The summed E-state index contributed by atoms with van der Waals surface area (Å²) in [5, 5.41) is 11.7. The maximum absolute atomic E-state index is 11.6. The van der Waals surface area contributed by atoms with E-state index in [9.17, 15) is 14.9 Å². The van der Waals surface area contributed by atoms with Gasteiger partial charge in [-0.1, -0.05) is 6.07 Å². The van der Waals surface area contributed by atoms with Crippen molar-refractivity contribution in [2.75, 3.05) is 0 Å². The number of nitrogens with one attached hydrogen (secondary N) is 1. The maximum Gasteiger partial charge on any atom is 0.281 e. The van der Waals surface area contributed by atoms with Gasteiger partial charge in [-0.25, -0.2) is 0 Å². The first-order chi connectivity index (χ1) is 8.09. The highest BCUT2D eigenvalue weighted by Crippen LogP contribution is 2.37. The molecule has 1 aromatic carbocycles. The van der Waals surface area contributed by atoms with Crippen LogP contribution in [0.25, 0.3) is 10.9 Å². The molecule has 0 bridgehead atoms. The molecule has 1 heterocycles. The van der Waals surface area contributed by atoms with Gasteiger partial charge in [-0.2, -0.15) is 0 Å². The Bertz CT molecular complexity index is 670. The first-order valence-corrected chi connectivity index (χ1v) is 5.41. The number of aromatic nitrogens is 1. The lowest BCUT2D eigenvalue weighted by molar-refractivity contribution is -0.383. The third kappa shape index (κ3) is 1.22. The number of nitro benzene ring substituents is 1. The minimum atomic E-state index is -0.366. The molecule has 0 aliphatic heterocycles. The molecule has 0 radical (unpaired) electrons. The topological polar surface area (TPSA) is 76.0 Å². The zero-order chi connectivity index (χ0) is 12.2. The Balaban J connectivity index is 2.47. The normalized spacial score (nSPS) is 14.3. The Kier molecular flexibility index (Phi) is 1.86. The molecule has 2 aromatic rings. The van der Waals surface area contributed by atoms with E-state index in [2.05, 4.69) is 4.98 Å². The quantitative estimate of drug-likeness (QED) is 0.604. The minimum Gasteiger partial charge on any atom is -0.352 e. The van der Waals surface area contributed by atoms with Crippen LogP contribution in [0.4, 0.5) is 5.69 Å². The standard InChI is InChI=1S/C12H10N2O3/c1-6-2-4-8-10(12(6)14(16)17)7-3-5-9(15)11(7)13-8/h2,4,13H,3,5H2,1H3. The van der Waals surface area contributed by atoms with E-state index in [1.807, 2.05) is 0 Å². The fraction of sp³-hybridized carbons (Fsp3) is 0.250. The molecule has 0 atom stereocenters. The summed E-state index contributed by atoms with van der Waals surface area (Å²) in [5.74, 6) is 0.0446. The van der Waals surface area contributed by atoms with Gasteiger partial charge < -0.3 is 4.98 Å². The van der Waals surface area contributed by atoms with Gasteiger partial charge in [0.2, 0.25) is 0 Å². The van der Waals surface area contributed by atoms with Crippen LogP contribution in [0.5, 0.6) is 0 Å². The molecule has 86 valence electrons. The molecule has 0 unspecified atom stereocenters. The van der Waals surface area contributed by atoms with Gasteiger partial charge >= 0.3 is 0 Å². The van der Waals surface area contributed by atoms with E-state index < -0.39 is 0 Å². The number of hydrogen-bond acceptors (Lipinski definition) is 3. The van der Waals surface area contributed by atoms with Crippen LogP contribution in [-0.2, 0) is 6.42 Å². The first-order valence-electron chi connectivity index (χ1n) is 5.41. The summed E-state index contributed by atoms with van der Waals surface area (Å²) in [4.78, 5) is 25.3. The third-order valence-electron chi connectivity index (χ3n) is 3.31. The van der Waals surface area contributed by atoms with Gasteiger partial charge in [0, 0.05) is 12.0 Å². The molecule has 0 spiro atoms. The lowest BCUT2D eigenvalue weighted by Gasteiger charge is -2.00. The van der Waals surface area contributed by atoms with E-state index in [1.165, 1.54) is 0 Å². The van der Waals surface area contributed by atoms with Crippen LogP contribution < -0.4 is 0 Å². The molecule has 0 fully saturated rings. The van der Waals surface area contributed by atoms with Crippen molar-refractivity contribution in [2.24, 2.45) is 0 Å². The number of Topliss-reactive ketones (excluding diaryl/α,β-unsaturated/α-hetero) is 1. The zero-order valence-corrected chi connectivity index (χ0v) is 9.24. The number of nitro groups is 1. The second kappa shape index (κ2) is 3.16. The predicted octanol–water partition coefficient (Wildman–Crippen LogP) is 2.51. The van der Waals surface area contributed by atoms with Gasteiger partial charge in [-0.15, -0.1) is 0 Å². The molecule has 0 saturated heterocycles. The number of hydrogen-bond donors (Lipinski definition) is 1. The predicted molar refractivity (Wildman–Crippen MR) is 62.3 cm³/mol. The second-order valence-electron chi connectivity index (χ2n) is 4.31. The van der Waals surface area contributed by atoms with E-state index in [4.69, 9.17) is 0 Å². The summed E-state index contributed by atoms with van der Waals surface area (Å²) >= 11 is 0. The summed E-state index contributed by atoms with van der Waals surface area (Å²) in [6, 6.07) is 3.50. The molecule has 1 aliphatic carbocycles. The molecule has 1 N–H and O–H groups in total. The monoisotopic (exact) mass is 230 g/mol. The van der Waals surface area contributed by atoms with Crippen molar-refractivity contribution in [3.05, 3.63) is 39.1 Å². The van der Waals surface area contributed by atoms with E-state index in [-0.39, 0.29) is 16.4 Å². The Morgan fingerprint density at radius 3 is 2.82 bits per heavy atom. The number of rotatable bonds is 1. The molecule has 5 heteroatoms. The van der Waals surface area contributed by atoms with Gasteiger partial charge in [-0.05, 0) is 25.0 Å². The van der Waals surface area contributed by atoms with Gasteiger partial charge in [0.05, 0.1) is 21.5 Å². The molecule has 0 amide bonds. The lowest BCUT2D eigenvalue weighted by Crippen LogP contribution is -1.93. The SMILES string of the molecule is Cc1ccc2[nH]c3c(c2c1[N+](=O)[O-])CCC3=O. The van der Waals surface area contributed by atoms with Crippen molar-refractivity contribution in [2.45, 2.75) is 19.8 Å². The number of aryl methyl sites for hydroxylation is 2. The van der Waals surface area contributed by atoms with E-state index in [0.717, 1.165) is 5.56 Å². The number of aromatic amines is 1. The summed E-state index contributed by atoms with van der Waals surface area (Å²) in [6.45, 7) is 1.72. The lowest BCUT2D eigenvalue weighted by atomic mass is 10.1. The summed E-state index contributed by atoms with van der Waals surface area (Å²) in [5.41, 5.74) is 2.78. The first kappa shape index (κ1) is 10.0. The Hall–Kier alpha value is -2.17. The van der Waals surface area contributed by atoms with Gasteiger partial charge in [0.25, 0.3) is 5.69 Å². The Morgan fingerprint density at radius 2 is 2.12 bits per heavy atom. The highest BCUT2D eigenvalue weighted by Gasteiger charge is 2.29. The van der Waals surface area contributed by atoms with Crippen LogP contribution in [-0.4, -0.2) is 15.7 Å². The van der Waals surface area contributed by atoms with Crippen molar-refractivity contribution >= 4 is 22.4 Å². The van der Waals surface area contributed by atoms with Crippen molar-refractivity contribution in [1.82, 2.24) is 4.98 Å². The highest BCUT2D eigenvalue weighted by molar-refractivity contribution is 6.08. The second-order valence-corrected chi connectivity index (χ2v) is 4.31. The summed E-state index contributed by atoms with van der Waals surface area (Å²) in [7, 11) is 0. The number of ketones is 1. The van der Waals surface area contributed by atoms with Crippen LogP contribution in [0.15, 0.2) is 12.1 Å². The van der Waals surface area contributed by atoms with Crippen molar-refractivity contribution in [1.29, 1.82) is 0 Å². The molecular weight excluding hydrogens is 220 g/mol. The van der Waals surface area contributed by atoms with Crippen molar-refractivity contribution < 1.29 is 9.72 Å². The Morgan fingerprint density at radius 1 is 1.35 bits per heavy atom. The number of benzene rings is 1. The van der Waals surface area contributed by atoms with E-state index in [0.29, 0.717) is 35.0 Å². The van der Waals surface area contributed by atoms with Crippen LogP contribution in [0.1, 0.15) is 28.0 Å². The van der Waals surface area contributed by atoms with E-state index in [1.54, 1.807) is 19.1 Å². The highest BCUT2D eigenvalue weighted by atomic mass is 16.6. The number of nitrogens with zero attached hydrogens (tertiary/aromatic N) is 1. The van der Waals surface area contributed by atoms with Gasteiger partial charge in [-0.3, -0.25) is 14.9 Å². The van der Waals surface area contributed by atoms with Gasteiger partial charge in [0.1, 0.15) is 0 Å². The fourth-order valence-corrected chi connectivity index (χ4v) is 2.53. The third-order valence-corrected chi connectivity index (χ3v) is 3.31. The number of fused-ring (bicyclic) bond motifs is 3. The number of carbonyl (C=O) groups excluding carboxylic acids is 1. The largest absolute Gasteiger partial charge is 0.352 e. The molecule has 5 nitrogen and oxygen atoms in total. The number of H-pyrrole nitrogens is 1. The molecule has 17 heavy (non-hydrogen) atoms. The minimum absolute atomic E-state index is 0.0446. The van der Waals surface area contributed by atoms with Gasteiger partial charge in [0.15, 0.2) is 5.78 Å². The summed E-state index contributed by atoms with van der Waals surface area (Å²) < 4.78 is 0. The van der Waals surface area contributed by atoms with Crippen LogP contribution in [0.2, 0.25) is 0 Å². The van der Waals surface area contributed by atoms with Crippen LogP contribution >= 0.6 is 0 Å². The van der Waals surface area contributed by atoms with E-state index >= 15 is 0 Å². The maximum atomic E-state index is 11.6. The molecule has 1 aromatic heterocycles. The van der Waals surface area contributed by atoms with Crippen molar-refractivity contribution in [3.8, 4) is 0 Å².